The van der Waals surface area contributed by atoms with Gasteiger partial charge in [-0.15, -0.1) is 0 Å². The first-order chi connectivity index (χ1) is 15.5. The normalized spacial score (nSPS) is 19.2. The highest BCUT2D eigenvalue weighted by atomic mass is 16.1. The maximum absolute atomic E-state index is 12.6. The highest BCUT2D eigenvalue weighted by Crippen LogP contribution is 2.36. The fourth-order valence-electron chi connectivity index (χ4n) is 4.84. The zero-order valence-corrected chi connectivity index (χ0v) is 18.4. The van der Waals surface area contributed by atoms with E-state index in [9.17, 15) is 9.59 Å². The molecule has 2 aromatic heterocycles. The number of pyridine rings is 2. The van der Waals surface area contributed by atoms with Crippen LogP contribution in [0.25, 0.3) is 0 Å². The Kier molecular flexibility index (Phi) is 5.17. The maximum Gasteiger partial charge on any atom is 0.255 e. The van der Waals surface area contributed by atoms with Crippen LogP contribution in [-0.2, 0) is 6.54 Å². The molecule has 0 radical (unpaired) electrons. The molecule has 1 saturated heterocycles. The molecule has 1 fully saturated rings. The molecular formula is C25H27N5O2. The molecule has 2 atom stereocenters. The lowest BCUT2D eigenvalue weighted by molar-refractivity contribution is 0.102. The molecule has 1 aromatic carbocycles. The van der Waals surface area contributed by atoms with Gasteiger partial charge in [0.1, 0.15) is 5.82 Å². The number of hydrogen-bond donors (Lipinski definition) is 1. The summed E-state index contributed by atoms with van der Waals surface area (Å²) in [6.07, 6.45) is 2.82. The molecule has 0 aliphatic carbocycles. The molecule has 5 rings (SSSR count). The van der Waals surface area contributed by atoms with E-state index in [0.717, 1.165) is 43.3 Å². The summed E-state index contributed by atoms with van der Waals surface area (Å²) in [7, 11) is 3.94. The van der Waals surface area contributed by atoms with Crippen LogP contribution in [0.15, 0.2) is 65.6 Å². The molecule has 7 heteroatoms. The van der Waals surface area contributed by atoms with Gasteiger partial charge in [-0.1, -0.05) is 6.07 Å². The van der Waals surface area contributed by atoms with Crippen LogP contribution in [0.1, 0.15) is 28.4 Å². The average molecular weight is 430 g/mol. The first kappa shape index (κ1) is 20.3. The molecule has 32 heavy (non-hydrogen) atoms. The van der Waals surface area contributed by atoms with Gasteiger partial charge in [-0.2, -0.15) is 0 Å². The quantitative estimate of drug-likeness (QED) is 0.690. The van der Waals surface area contributed by atoms with Crippen molar-refractivity contribution < 1.29 is 4.79 Å². The molecule has 0 unspecified atom stereocenters. The second-order valence-electron chi connectivity index (χ2n) is 8.90. The van der Waals surface area contributed by atoms with Crippen LogP contribution >= 0.6 is 0 Å². The lowest BCUT2D eigenvalue weighted by Gasteiger charge is -2.43. The number of fused-ring (bicyclic) bond motifs is 4. The van der Waals surface area contributed by atoms with Crippen LogP contribution in [-0.4, -0.2) is 42.6 Å². The summed E-state index contributed by atoms with van der Waals surface area (Å²) in [6, 6.07) is 16.9. The Morgan fingerprint density at radius 1 is 1.03 bits per heavy atom. The standard InChI is InChI=1S/C25H27N5O2/c1-28(2)21-9-6-18(7-10-21)25(32)27-20-8-11-23(26-13-20)29-14-17-12-19(16-29)22-4-3-5-24(31)30(22)15-17/h3-11,13,17,19H,12,14-16H2,1-2H3,(H,27,32)/t17-,19-/m0/s1. The number of amides is 1. The summed E-state index contributed by atoms with van der Waals surface area (Å²) in [6.45, 7) is 2.49. The van der Waals surface area contributed by atoms with Crippen molar-refractivity contribution in [3.8, 4) is 0 Å². The van der Waals surface area contributed by atoms with E-state index >= 15 is 0 Å². The largest absolute Gasteiger partial charge is 0.378 e. The van der Waals surface area contributed by atoms with E-state index in [4.69, 9.17) is 0 Å². The van der Waals surface area contributed by atoms with Gasteiger partial charge in [0.2, 0.25) is 0 Å². The highest BCUT2D eigenvalue weighted by Gasteiger charge is 2.34. The topological polar surface area (TPSA) is 70.5 Å². The van der Waals surface area contributed by atoms with E-state index in [1.54, 1.807) is 12.3 Å². The fourth-order valence-corrected chi connectivity index (χ4v) is 4.84. The van der Waals surface area contributed by atoms with Crippen LogP contribution in [0.3, 0.4) is 0 Å². The molecule has 0 saturated carbocycles. The van der Waals surface area contributed by atoms with E-state index in [1.165, 1.54) is 0 Å². The van der Waals surface area contributed by atoms with Gasteiger partial charge in [0.15, 0.2) is 0 Å². The molecule has 2 aliphatic rings. The smallest absolute Gasteiger partial charge is 0.255 e. The third kappa shape index (κ3) is 3.86. The maximum atomic E-state index is 12.6. The monoisotopic (exact) mass is 429 g/mol. The lowest BCUT2D eigenvalue weighted by atomic mass is 9.83. The number of nitrogens with zero attached hydrogens (tertiary/aromatic N) is 4. The SMILES string of the molecule is CN(C)c1ccc(C(=O)Nc2ccc(N3C[C@@H]4C[C@@H](C3)c3cccc(=O)n3C4)nc2)cc1. The van der Waals surface area contributed by atoms with E-state index in [1.807, 2.05) is 66.0 Å². The number of hydrogen-bond acceptors (Lipinski definition) is 5. The lowest BCUT2D eigenvalue weighted by Crippen LogP contribution is -2.47. The third-order valence-corrected chi connectivity index (χ3v) is 6.46. The minimum absolute atomic E-state index is 0.0974. The zero-order valence-electron chi connectivity index (χ0n) is 18.4. The van der Waals surface area contributed by atoms with E-state index < -0.39 is 0 Å². The van der Waals surface area contributed by atoms with E-state index in [2.05, 4.69) is 21.3 Å². The van der Waals surface area contributed by atoms with Crippen LogP contribution in [0.5, 0.6) is 0 Å². The average Bonchev–Trinajstić information content (AvgIpc) is 2.80. The number of carbonyl (C=O) groups excluding carboxylic acids is 1. The second-order valence-corrected chi connectivity index (χ2v) is 8.90. The van der Waals surface area contributed by atoms with Crippen molar-refractivity contribution in [1.82, 2.24) is 9.55 Å². The Morgan fingerprint density at radius 2 is 1.84 bits per heavy atom. The summed E-state index contributed by atoms with van der Waals surface area (Å²) in [5, 5.41) is 2.92. The summed E-state index contributed by atoms with van der Waals surface area (Å²) < 4.78 is 1.94. The predicted molar refractivity (Wildman–Crippen MR) is 127 cm³/mol. The second kappa shape index (κ2) is 8.15. The Bertz CT molecular complexity index is 1180. The minimum Gasteiger partial charge on any atom is -0.378 e. The summed E-state index contributed by atoms with van der Waals surface area (Å²) in [4.78, 5) is 33.7. The number of piperidine rings is 1. The van der Waals surface area contributed by atoms with Gasteiger partial charge in [-0.25, -0.2) is 4.98 Å². The number of rotatable bonds is 4. The number of anilines is 3. The Hall–Kier alpha value is -3.61. The fraction of sp³-hybridized carbons (Fsp3) is 0.320. The van der Waals surface area contributed by atoms with Crippen molar-refractivity contribution in [3.63, 3.8) is 0 Å². The van der Waals surface area contributed by atoms with Gasteiger partial charge in [0, 0.05) is 62.7 Å². The van der Waals surface area contributed by atoms with Crippen molar-refractivity contribution in [1.29, 1.82) is 0 Å². The predicted octanol–water partition coefficient (Wildman–Crippen LogP) is 3.19. The van der Waals surface area contributed by atoms with Crippen molar-refractivity contribution in [2.24, 2.45) is 5.92 Å². The van der Waals surface area contributed by atoms with Crippen LogP contribution in [0.4, 0.5) is 17.2 Å². The molecule has 2 bridgehead atoms. The first-order valence-corrected chi connectivity index (χ1v) is 11.0. The van der Waals surface area contributed by atoms with E-state index in [0.29, 0.717) is 23.1 Å². The summed E-state index contributed by atoms with van der Waals surface area (Å²) in [5.41, 5.74) is 3.55. The highest BCUT2D eigenvalue weighted by molar-refractivity contribution is 6.04. The van der Waals surface area contributed by atoms with Gasteiger partial charge in [0.05, 0.1) is 11.9 Å². The molecule has 1 amide bonds. The molecule has 164 valence electrons. The van der Waals surface area contributed by atoms with Crippen molar-refractivity contribution in [2.45, 2.75) is 18.9 Å². The van der Waals surface area contributed by atoms with Crippen molar-refractivity contribution in [3.05, 3.63) is 82.4 Å². The first-order valence-electron chi connectivity index (χ1n) is 11.0. The van der Waals surface area contributed by atoms with Crippen LogP contribution < -0.4 is 20.7 Å². The van der Waals surface area contributed by atoms with E-state index in [-0.39, 0.29) is 11.5 Å². The molecule has 0 spiro atoms. The number of benzene rings is 1. The number of carbonyl (C=O) groups is 1. The number of nitrogens with one attached hydrogen (secondary N) is 1. The molecular weight excluding hydrogens is 402 g/mol. The molecule has 4 heterocycles. The number of aromatic nitrogens is 2. The molecule has 3 aromatic rings. The van der Waals surface area contributed by atoms with Crippen molar-refractivity contribution >= 4 is 23.1 Å². The summed E-state index contributed by atoms with van der Waals surface area (Å²) in [5.74, 6) is 1.52. The molecule has 7 nitrogen and oxygen atoms in total. The van der Waals surface area contributed by atoms with Gasteiger partial charge in [-0.05, 0) is 54.8 Å². The van der Waals surface area contributed by atoms with Gasteiger partial charge in [-0.3, -0.25) is 9.59 Å². The van der Waals surface area contributed by atoms with Gasteiger partial charge >= 0.3 is 0 Å². The Balaban J connectivity index is 1.27. The van der Waals surface area contributed by atoms with Gasteiger partial charge < -0.3 is 19.7 Å². The third-order valence-electron chi connectivity index (χ3n) is 6.46. The summed E-state index contributed by atoms with van der Waals surface area (Å²) >= 11 is 0. The van der Waals surface area contributed by atoms with Gasteiger partial charge in [0.25, 0.3) is 11.5 Å². The molecule has 1 N–H and O–H groups in total. The Morgan fingerprint density at radius 3 is 2.56 bits per heavy atom. The molecule has 2 aliphatic heterocycles. The zero-order chi connectivity index (χ0) is 22.2. The van der Waals surface area contributed by atoms with Crippen LogP contribution in [0, 0.1) is 5.92 Å². The van der Waals surface area contributed by atoms with Crippen LogP contribution in [0.2, 0.25) is 0 Å². The Labute approximate surface area is 187 Å². The minimum atomic E-state index is -0.153. The van der Waals surface area contributed by atoms with Crippen molar-refractivity contribution in [2.75, 3.05) is 42.3 Å².